The highest BCUT2D eigenvalue weighted by molar-refractivity contribution is 4.59. The van der Waals surface area contributed by atoms with Gasteiger partial charge in [-0.15, -0.1) is 0 Å². The first kappa shape index (κ1) is 9.96. The van der Waals surface area contributed by atoms with Crippen molar-refractivity contribution in [3.63, 3.8) is 0 Å². The van der Waals surface area contributed by atoms with Crippen LogP contribution in [0.3, 0.4) is 0 Å². The summed E-state index contributed by atoms with van der Waals surface area (Å²) in [6.07, 6.45) is 5.11. The van der Waals surface area contributed by atoms with Gasteiger partial charge in [-0.1, -0.05) is 26.7 Å². The zero-order valence-electron chi connectivity index (χ0n) is 7.56. The van der Waals surface area contributed by atoms with Crippen LogP contribution in [0.2, 0.25) is 0 Å². The van der Waals surface area contributed by atoms with Crippen LogP contribution in [-0.4, -0.2) is 6.04 Å². The molecule has 0 radical (unpaired) electrons. The molecule has 0 unspecified atom stereocenters. The Morgan fingerprint density at radius 1 is 1.10 bits per heavy atom. The van der Waals surface area contributed by atoms with Gasteiger partial charge in [-0.3, -0.25) is 0 Å². The van der Waals surface area contributed by atoms with E-state index in [1.54, 1.807) is 0 Å². The second-order valence-corrected chi connectivity index (χ2v) is 3.24. The molecule has 0 saturated carbocycles. The van der Waals surface area contributed by atoms with Gasteiger partial charge in [-0.25, -0.2) is 0 Å². The van der Waals surface area contributed by atoms with Gasteiger partial charge in [0.1, 0.15) is 0 Å². The minimum Gasteiger partial charge on any atom is -0.328 e. The smallest absolute Gasteiger partial charge is 0.00105 e. The molecule has 2 N–H and O–H groups in total. The molecule has 10 heavy (non-hydrogen) atoms. The average molecular weight is 143 g/mol. The van der Waals surface area contributed by atoms with Gasteiger partial charge in [0.05, 0.1) is 0 Å². The highest BCUT2D eigenvalue weighted by atomic mass is 14.6. The van der Waals surface area contributed by atoms with Crippen LogP contribution in [0.25, 0.3) is 0 Å². The van der Waals surface area contributed by atoms with E-state index in [1.807, 2.05) is 0 Å². The molecule has 0 bridgehead atoms. The fourth-order valence-electron chi connectivity index (χ4n) is 1.20. The first-order valence-electron chi connectivity index (χ1n) is 4.46. The molecule has 0 fully saturated rings. The van der Waals surface area contributed by atoms with Gasteiger partial charge in [-0.05, 0) is 25.7 Å². The molecule has 0 heterocycles. The summed E-state index contributed by atoms with van der Waals surface area (Å²) in [7, 11) is 0. The Balaban J connectivity index is 3.26. The lowest BCUT2D eigenvalue weighted by atomic mass is 9.96. The van der Waals surface area contributed by atoms with Crippen LogP contribution in [0.4, 0.5) is 0 Å². The van der Waals surface area contributed by atoms with E-state index in [2.05, 4.69) is 20.8 Å². The predicted octanol–water partition coefficient (Wildman–Crippen LogP) is 2.55. The van der Waals surface area contributed by atoms with Crippen molar-refractivity contribution >= 4 is 0 Å². The Hall–Kier alpha value is -0.0400. The highest BCUT2D eigenvalue weighted by Crippen LogP contribution is 2.14. The third-order valence-corrected chi connectivity index (χ3v) is 2.18. The first-order chi connectivity index (χ1) is 4.70. The van der Waals surface area contributed by atoms with Gasteiger partial charge in [0.25, 0.3) is 0 Å². The molecule has 0 aromatic carbocycles. The van der Waals surface area contributed by atoms with E-state index in [4.69, 9.17) is 5.73 Å². The van der Waals surface area contributed by atoms with Crippen molar-refractivity contribution in [3.05, 3.63) is 0 Å². The SMILES string of the molecule is CCC(CC)CC[C@H](C)N. The second-order valence-electron chi connectivity index (χ2n) is 3.24. The Morgan fingerprint density at radius 2 is 1.60 bits per heavy atom. The van der Waals surface area contributed by atoms with E-state index >= 15 is 0 Å². The maximum Gasteiger partial charge on any atom is 0.00105 e. The van der Waals surface area contributed by atoms with E-state index in [-0.39, 0.29) is 0 Å². The van der Waals surface area contributed by atoms with E-state index in [9.17, 15) is 0 Å². The number of hydrogen-bond acceptors (Lipinski definition) is 1. The van der Waals surface area contributed by atoms with Gasteiger partial charge < -0.3 is 5.73 Å². The Labute approximate surface area is 65.0 Å². The lowest BCUT2D eigenvalue weighted by Gasteiger charge is -2.12. The summed E-state index contributed by atoms with van der Waals surface area (Å²) in [5, 5.41) is 0. The van der Waals surface area contributed by atoms with Crippen molar-refractivity contribution in [3.8, 4) is 0 Å². The third-order valence-electron chi connectivity index (χ3n) is 2.18. The van der Waals surface area contributed by atoms with E-state index in [0.717, 1.165) is 5.92 Å². The topological polar surface area (TPSA) is 26.0 Å². The van der Waals surface area contributed by atoms with Gasteiger partial charge in [0.15, 0.2) is 0 Å². The normalized spacial score (nSPS) is 14.1. The minimum absolute atomic E-state index is 0.389. The van der Waals surface area contributed by atoms with Gasteiger partial charge in [0, 0.05) is 6.04 Å². The molecule has 62 valence electrons. The molecule has 0 aliphatic heterocycles. The van der Waals surface area contributed by atoms with Crippen LogP contribution in [-0.2, 0) is 0 Å². The molecule has 0 rings (SSSR count). The zero-order chi connectivity index (χ0) is 7.98. The van der Waals surface area contributed by atoms with Crippen LogP contribution < -0.4 is 5.73 Å². The quantitative estimate of drug-likeness (QED) is 0.629. The zero-order valence-corrected chi connectivity index (χ0v) is 7.56. The Kier molecular flexibility index (Phi) is 5.70. The second kappa shape index (κ2) is 5.72. The molecular weight excluding hydrogens is 122 g/mol. The molecule has 1 atom stereocenters. The Morgan fingerprint density at radius 3 is 1.90 bits per heavy atom. The number of nitrogens with two attached hydrogens (primary N) is 1. The molecule has 0 aromatic heterocycles. The Bertz CT molecular complexity index is 65.1. The van der Waals surface area contributed by atoms with Crippen molar-refractivity contribution in [2.45, 2.75) is 52.5 Å². The predicted molar refractivity (Wildman–Crippen MR) is 47.0 cm³/mol. The highest BCUT2D eigenvalue weighted by Gasteiger charge is 2.03. The van der Waals surface area contributed by atoms with Crippen LogP contribution >= 0.6 is 0 Å². The minimum atomic E-state index is 0.389. The van der Waals surface area contributed by atoms with E-state index < -0.39 is 0 Å². The van der Waals surface area contributed by atoms with Gasteiger partial charge >= 0.3 is 0 Å². The molecule has 0 saturated heterocycles. The van der Waals surface area contributed by atoms with Crippen LogP contribution in [0.5, 0.6) is 0 Å². The van der Waals surface area contributed by atoms with Crippen LogP contribution in [0, 0.1) is 5.92 Å². The van der Waals surface area contributed by atoms with Crippen molar-refractivity contribution in [1.82, 2.24) is 0 Å². The standard InChI is InChI=1S/C9H21N/c1-4-9(5-2)7-6-8(3)10/h8-9H,4-7,10H2,1-3H3/t8-/m0/s1. The average Bonchev–Trinajstić information content (AvgIpc) is 1.90. The number of hydrogen-bond donors (Lipinski definition) is 1. The molecule has 0 amide bonds. The summed E-state index contributed by atoms with van der Waals surface area (Å²) < 4.78 is 0. The molecule has 0 aliphatic rings. The summed E-state index contributed by atoms with van der Waals surface area (Å²) in [5.74, 6) is 0.908. The summed E-state index contributed by atoms with van der Waals surface area (Å²) in [6, 6.07) is 0.389. The van der Waals surface area contributed by atoms with Gasteiger partial charge in [-0.2, -0.15) is 0 Å². The lowest BCUT2D eigenvalue weighted by molar-refractivity contribution is 0.423. The van der Waals surface area contributed by atoms with Crippen molar-refractivity contribution in [1.29, 1.82) is 0 Å². The molecule has 0 aromatic rings. The van der Waals surface area contributed by atoms with Crippen molar-refractivity contribution in [2.24, 2.45) is 11.7 Å². The summed E-state index contributed by atoms with van der Waals surface area (Å²) in [4.78, 5) is 0. The molecule has 1 heteroatoms. The third kappa shape index (κ3) is 4.80. The fourth-order valence-corrected chi connectivity index (χ4v) is 1.20. The van der Waals surface area contributed by atoms with E-state index in [0.29, 0.717) is 6.04 Å². The van der Waals surface area contributed by atoms with Crippen LogP contribution in [0.1, 0.15) is 46.5 Å². The fraction of sp³-hybridized carbons (Fsp3) is 1.00. The summed E-state index contributed by atoms with van der Waals surface area (Å²) in [5.41, 5.74) is 5.65. The summed E-state index contributed by atoms with van der Waals surface area (Å²) in [6.45, 7) is 6.60. The molecule has 0 aliphatic carbocycles. The lowest BCUT2D eigenvalue weighted by Crippen LogP contribution is -2.15. The molecule has 1 nitrogen and oxygen atoms in total. The maximum atomic E-state index is 5.65. The van der Waals surface area contributed by atoms with E-state index in [1.165, 1.54) is 25.7 Å². The monoisotopic (exact) mass is 143 g/mol. The van der Waals surface area contributed by atoms with Crippen molar-refractivity contribution in [2.75, 3.05) is 0 Å². The largest absolute Gasteiger partial charge is 0.328 e. The van der Waals surface area contributed by atoms with Crippen molar-refractivity contribution < 1.29 is 0 Å². The maximum absolute atomic E-state index is 5.65. The molecular formula is C9H21N. The van der Waals surface area contributed by atoms with Gasteiger partial charge in [0.2, 0.25) is 0 Å². The first-order valence-corrected chi connectivity index (χ1v) is 4.46. The molecule has 0 spiro atoms. The van der Waals surface area contributed by atoms with Crippen LogP contribution in [0.15, 0.2) is 0 Å². The number of rotatable bonds is 5. The summed E-state index contributed by atoms with van der Waals surface area (Å²) >= 11 is 0.